The van der Waals surface area contributed by atoms with Crippen molar-refractivity contribution in [3.8, 4) is 11.1 Å². The van der Waals surface area contributed by atoms with E-state index in [2.05, 4.69) is 50.0 Å². The summed E-state index contributed by atoms with van der Waals surface area (Å²) in [4.78, 5) is 38.9. The van der Waals surface area contributed by atoms with Gasteiger partial charge in [-0.05, 0) is 48.4 Å². The minimum atomic E-state index is -0.354. The summed E-state index contributed by atoms with van der Waals surface area (Å²) in [5, 5.41) is 12.3. The molecule has 0 saturated carbocycles. The highest BCUT2D eigenvalue weighted by Crippen LogP contribution is 2.38. The van der Waals surface area contributed by atoms with Gasteiger partial charge in [-0.2, -0.15) is 14.8 Å². The van der Waals surface area contributed by atoms with Crippen LogP contribution in [0.4, 0.5) is 5.69 Å². The van der Waals surface area contributed by atoms with Crippen LogP contribution in [0.25, 0.3) is 27.7 Å². The number of hydrogen-bond donors (Lipinski definition) is 2. The van der Waals surface area contributed by atoms with Crippen LogP contribution >= 0.6 is 0 Å². The van der Waals surface area contributed by atoms with E-state index in [1.165, 1.54) is 18.5 Å². The lowest BCUT2D eigenvalue weighted by atomic mass is 9.86. The maximum Gasteiger partial charge on any atom is 0.255 e. The summed E-state index contributed by atoms with van der Waals surface area (Å²) in [6.07, 6.45) is 10.3. The summed E-state index contributed by atoms with van der Waals surface area (Å²) in [6.45, 7) is 6.75. The molecule has 6 heterocycles. The summed E-state index contributed by atoms with van der Waals surface area (Å²) in [5.41, 5.74) is 5.34. The normalized spacial score (nSPS) is 17.4. The second kappa shape index (κ2) is 8.66. The number of likely N-dealkylation sites (tertiary alicyclic amines) is 1. The van der Waals surface area contributed by atoms with E-state index in [0.29, 0.717) is 24.3 Å². The first-order valence-corrected chi connectivity index (χ1v) is 11.9. The van der Waals surface area contributed by atoms with Crippen molar-refractivity contribution < 1.29 is 9.59 Å². The van der Waals surface area contributed by atoms with Crippen molar-refractivity contribution in [2.75, 3.05) is 18.4 Å². The third-order valence-electron chi connectivity index (χ3n) is 6.97. The highest BCUT2D eigenvalue weighted by molar-refractivity contribution is 6.01. The zero-order valence-electron chi connectivity index (χ0n) is 20.2. The number of fused-ring (bicyclic) bond motifs is 2. The number of pyridine rings is 2. The van der Waals surface area contributed by atoms with Crippen molar-refractivity contribution in [3.63, 3.8) is 0 Å². The summed E-state index contributed by atoms with van der Waals surface area (Å²) in [6, 6.07) is 9.64. The molecule has 2 amide bonds. The molecular formula is C27H24N8O2. The highest BCUT2D eigenvalue weighted by Gasteiger charge is 2.39. The fourth-order valence-electron chi connectivity index (χ4n) is 4.98. The van der Waals surface area contributed by atoms with Crippen molar-refractivity contribution in [1.29, 1.82) is 0 Å². The van der Waals surface area contributed by atoms with Crippen LogP contribution in [-0.2, 0) is 10.2 Å². The van der Waals surface area contributed by atoms with Gasteiger partial charge in [-0.25, -0.2) is 4.98 Å². The number of amides is 2. The monoisotopic (exact) mass is 492 g/mol. The van der Waals surface area contributed by atoms with Crippen LogP contribution in [0.5, 0.6) is 0 Å². The Morgan fingerprint density at radius 2 is 2.03 bits per heavy atom. The van der Waals surface area contributed by atoms with Crippen LogP contribution in [0.3, 0.4) is 0 Å². The lowest BCUT2D eigenvalue weighted by molar-refractivity contribution is -0.111. The van der Waals surface area contributed by atoms with Gasteiger partial charge in [0, 0.05) is 53.7 Å². The minimum absolute atomic E-state index is 0.125. The number of hydrogen-bond acceptors (Lipinski definition) is 6. The van der Waals surface area contributed by atoms with Crippen molar-refractivity contribution in [2.45, 2.75) is 18.8 Å². The number of carbonyl (C=O) groups is 2. The van der Waals surface area contributed by atoms with Gasteiger partial charge in [0.05, 0.1) is 29.2 Å². The second-order valence-corrected chi connectivity index (χ2v) is 9.45. The van der Waals surface area contributed by atoms with E-state index in [0.717, 1.165) is 39.8 Å². The molecule has 184 valence electrons. The Morgan fingerprint density at radius 1 is 1.14 bits per heavy atom. The fraction of sp³-hybridized carbons (Fsp3) is 0.185. The van der Waals surface area contributed by atoms with Crippen molar-refractivity contribution >= 4 is 34.1 Å². The molecule has 1 saturated heterocycles. The first kappa shape index (κ1) is 22.6. The Labute approximate surface area is 212 Å². The van der Waals surface area contributed by atoms with Gasteiger partial charge in [0.2, 0.25) is 5.91 Å². The molecule has 1 fully saturated rings. The summed E-state index contributed by atoms with van der Waals surface area (Å²) >= 11 is 0. The Bertz CT molecular complexity index is 1690. The number of nitrogens with zero attached hydrogens (tertiary/aromatic N) is 6. The molecule has 1 aliphatic heterocycles. The van der Waals surface area contributed by atoms with Gasteiger partial charge in [-0.15, -0.1) is 0 Å². The molecule has 1 unspecified atom stereocenters. The molecule has 0 radical (unpaired) electrons. The standard InChI is InChI=1S/C27H24N8O2/c1-3-24(36)32-18-11-17(13-28-14-18)26(37)34-10-7-27(2,16-34)23-12-20-19(6-9-29-25(20)33-23)21-15-31-35-22(21)5-4-8-30-35/h3-6,8-9,11-15H,1,7,10,16H2,2H3,(H,29,33)(H,32,36). The Morgan fingerprint density at radius 3 is 2.89 bits per heavy atom. The van der Waals surface area contributed by atoms with Crippen LogP contribution in [0.15, 0.2) is 74.0 Å². The van der Waals surface area contributed by atoms with Gasteiger partial charge in [0.25, 0.3) is 5.91 Å². The van der Waals surface area contributed by atoms with Gasteiger partial charge >= 0.3 is 0 Å². The quantitative estimate of drug-likeness (QED) is 0.362. The average molecular weight is 493 g/mol. The van der Waals surface area contributed by atoms with E-state index in [9.17, 15) is 9.59 Å². The van der Waals surface area contributed by atoms with Gasteiger partial charge < -0.3 is 15.2 Å². The molecule has 1 aliphatic rings. The van der Waals surface area contributed by atoms with E-state index >= 15 is 0 Å². The fourth-order valence-corrected chi connectivity index (χ4v) is 4.98. The number of H-pyrrole nitrogens is 1. The van der Waals surface area contributed by atoms with Crippen LogP contribution in [0.2, 0.25) is 0 Å². The van der Waals surface area contributed by atoms with Crippen molar-refractivity contribution in [1.82, 2.24) is 34.7 Å². The number of rotatable bonds is 5. The second-order valence-electron chi connectivity index (χ2n) is 9.45. The number of carbonyl (C=O) groups excluding carboxylic acids is 2. The van der Waals surface area contributed by atoms with Crippen molar-refractivity contribution in [2.24, 2.45) is 0 Å². The number of anilines is 1. The molecule has 0 aliphatic carbocycles. The third-order valence-corrected chi connectivity index (χ3v) is 6.97. The largest absolute Gasteiger partial charge is 0.343 e. The molecule has 10 heteroatoms. The molecule has 5 aromatic heterocycles. The molecule has 37 heavy (non-hydrogen) atoms. The SMILES string of the molecule is C=CC(=O)Nc1cncc(C(=O)N2CCC(C)(c3cc4c(-c5cnn6ncccc56)ccnc4[nH]3)C2)c1. The van der Waals surface area contributed by atoms with Gasteiger partial charge in [0.1, 0.15) is 5.65 Å². The molecule has 1 atom stereocenters. The predicted molar refractivity (Wildman–Crippen MR) is 139 cm³/mol. The van der Waals surface area contributed by atoms with Gasteiger partial charge in [-0.3, -0.25) is 14.6 Å². The van der Waals surface area contributed by atoms with E-state index < -0.39 is 0 Å². The molecular weight excluding hydrogens is 468 g/mol. The molecule has 2 N–H and O–H groups in total. The summed E-state index contributed by atoms with van der Waals surface area (Å²) < 4.78 is 1.61. The van der Waals surface area contributed by atoms with Gasteiger partial charge in [0.15, 0.2) is 0 Å². The maximum absolute atomic E-state index is 13.3. The number of aromatic amines is 1. The molecule has 0 aromatic carbocycles. The smallest absolute Gasteiger partial charge is 0.255 e. The van der Waals surface area contributed by atoms with Crippen LogP contribution in [-0.4, -0.2) is 59.6 Å². The average Bonchev–Trinajstić information content (AvgIpc) is 3.65. The van der Waals surface area contributed by atoms with Gasteiger partial charge in [-0.1, -0.05) is 13.5 Å². The van der Waals surface area contributed by atoms with Crippen LogP contribution in [0.1, 0.15) is 29.4 Å². The Kier molecular flexibility index (Phi) is 5.29. The lowest BCUT2D eigenvalue weighted by Gasteiger charge is -2.23. The molecule has 0 spiro atoms. The van der Waals surface area contributed by atoms with E-state index in [1.54, 1.807) is 23.1 Å². The predicted octanol–water partition coefficient (Wildman–Crippen LogP) is 3.60. The molecule has 0 bridgehead atoms. The molecule has 5 aromatic rings. The minimum Gasteiger partial charge on any atom is -0.343 e. The third kappa shape index (κ3) is 3.92. The molecule has 10 nitrogen and oxygen atoms in total. The zero-order valence-corrected chi connectivity index (χ0v) is 20.2. The summed E-state index contributed by atoms with van der Waals surface area (Å²) in [7, 11) is 0. The zero-order chi connectivity index (χ0) is 25.6. The van der Waals surface area contributed by atoms with Crippen LogP contribution < -0.4 is 5.32 Å². The lowest BCUT2D eigenvalue weighted by Crippen LogP contribution is -2.33. The van der Waals surface area contributed by atoms with E-state index in [4.69, 9.17) is 0 Å². The van der Waals surface area contributed by atoms with E-state index in [-0.39, 0.29) is 17.2 Å². The summed E-state index contributed by atoms with van der Waals surface area (Å²) in [5.74, 6) is -0.480. The topological polar surface area (TPSA) is 121 Å². The van der Waals surface area contributed by atoms with Crippen molar-refractivity contribution in [3.05, 3.63) is 85.2 Å². The highest BCUT2D eigenvalue weighted by atomic mass is 16.2. The molecule has 6 rings (SSSR count). The van der Waals surface area contributed by atoms with E-state index in [1.807, 2.05) is 29.3 Å². The Balaban J connectivity index is 1.29. The first-order chi connectivity index (χ1) is 17.9. The maximum atomic E-state index is 13.3. The number of nitrogens with one attached hydrogen (secondary N) is 2. The number of aromatic nitrogens is 6. The Hall–Kier alpha value is -4.86. The van der Waals surface area contributed by atoms with Crippen LogP contribution in [0, 0.1) is 0 Å². The first-order valence-electron chi connectivity index (χ1n) is 11.9.